The Bertz CT molecular complexity index is 287. The maximum Gasteiger partial charge on any atom is 0.280 e. The molecule has 1 atom stereocenters. The molecule has 4 heteroatoms. The van der Waals surface area contributed by atoms with Crippen molar-refractivity contribution in [2.24, 2.45) is 0 Å². The molecule has 0 fully saturated rings. The molecule has 1 aromatic carbocycles. The fourth-order valence-corrected chi connectivity index (χ4v) is 4.12. The highest BCUT2D eigenvalue weighted by molar-refractivity contribution is 6.86. The minimum absolute atomic E-state index is 0.287. The number of ether oxygens (including phenoxy) is 2. The molecular formula is C11H18O3Si. The molecule has 0 bridgehead atoms. The molecular weight excluding hydrogens is 208 g/mol. The summed E-state index contributed by atoms with van der Waals surface area (Å²) in [6.07, 6.45) is 0. The van der Waals surface area contributed by atoms with Gasteiger partial charge in [0, 0.05) is 21.3 Å². The third-order valence-corrected chi connectivity index (χ3v) is 6.35. The number of hydrogen-bond acceptors (Lipinski definition) is 3. The number of benzene rings is 1. The maximum atomic E-state index is 5.66. The summed E-state index contributed by atoms with van der Waals surface area (Å²) in [5.41, 5.74) is 0. The Labute approximate surface area is 92.1 Å². The third-order valence-electron chi connectivity index (χ3n) is 2.65. The van der Waals surface area contributed by atoms with E-state index in [-0.39, 0.29) is 5.91 Å². The Morgan fingerprint density at radius 2 is 1.53 bits per heavy atom. The highest BCUT2D eigenvalue weighted by atomic mass is 28.4. The summed E-state index contributed by atoms with van der Waals surface area (Å²) in [7, 11) is 2.82. The van der Waals surface area contributed by atoms with Crippen LogP contribution in [-0.4, -0.2) is 35.6 Å². The first-order valence-electron chi connectivity index (χ1n) is 4.85. The highest BCUT2D eigenvalue weighted by Gasteiger charge is 2.40. The van der Waals surface area contributed by atoms with Crippen molar-refractivity contribution in [3.8, 4) is 0 Å². The molecule has 1 rings (SSSR count). The van der Waals surface area contributed by atoms with Gasteiger partial charge in [-0.15, -0.1) is 0 Å². The molecule has 0 aromatic heterocycles. The van der Waals surface area contributed by atoms with Crippen molar-refractivity contribution < 1.29 is 13.9 Å². The van der Waals surface area contributed by atoms with Gasteiger partial charge in [-0.3, -0.25) is 0 Å². The first kappa shape index (κ1) is 12.4. The zero-order chi connectivity index (χ0) is 11.3. The SMILES string of the molecule is COC(OC)[Si](C)(OC)c1ccccc1. The second-order valence-electron chi connectivity index (χ2n) is 3.48. The summed E-state index contributed by atoms with van der Waals surface area (Å²) in [4.78, 5) is 0. The van der Waals surface area contributed by atoms with E-state index >= 15 is 0 Å². The Kier molecular flexibility index (Phi) is 4.47. The smallest absolute Gasteiger partial charge is 0.280 e. The summed E-state index contributed by atoms with van der Waals surface area (Å²) in [5, 5.41) is 1.17. The van der Waals surface area contributed by atoms with Gasteiger partial charge in [0.25, 0.3) is 8.32 Å². The summed E-state index contributed by atoms with van der Waals surface area (Å²) >= 11 is 0. The van der Waals surface area contributed by atoms with Gasteiger partial charge >= 0.3 is 0 Å². The lowest BCUT2D eigenvalue weighted by atomic mass is 10.4. The van der Waals surface area contributed by atoms with Crippen LogP contribution in [0.4, 0.5) is 0 Å². The van der Waals surface area contributed by atoms with Crippen molar-refractivity contribution in [2.45, 2.75) is 12.5 Å². The monoisotopic (exact) mass is 226 g/mol. The minimum atomic E-state index is -2.17. The summed E-state index contributed by atoms with van der Waals surface area (Å²) in [5.74, 6) is -0.287. The van der Waals surface area contributed by atoms with E-state index in [1.165, 1.54) is 5.19 Å². The molecule has 0 heterocycles. The van der Waals surface area contributed by atoms with E-state index in [0.717, 1.165) is 0 Å². The molecule has 15 heavy (non-hydrogen) atoms. The zero-order valence-electron chi connectivity index (χ0n) is 9.69. The molecule has 84 valence electrons. The quantitative estimate of drug-likeness (QED) is 0.559. The molecule has 0 aliphatic heterocycles. The van der Waals surface area contributed by atoms with E-state index in [1.54, 1.807) is 21.3 Å². The van der Waals surface area contributed by atoms with Crippen molar-refractivity contribution >= 4 is 13.5 Å². The molecule has 1 unspecified atom stereocenters. The van der Waals surface area contributed by atoms with Gasteiger partial charge in [0.15, 0.2) is 5.91 Å². The van der Waals surface area contributed by atoms with Crippen molar-refractivity contribution in [1.29, 1.82) is 0 Å². The van der Waals surface area contributed by atoms with Crippen LogP contribution in [-0.2, 0) is 13.9 Å². The fraction of sp³-hybridized carbons (Fsp3) is 0.455. The average Bonchev–Trinajstić information content (AvgIpc) is 2.31. The lowest BCUT2D eigenvalue weighted by Gasteiger charge is -2.31. The first-order valence-corrected chi connectivity index (χ1v) is 7.34. The van der Waals surface area contributed by atoms with Crippen molar-refractivity contribution in [1.82, 2.24) is 0 Å². The zero-order valence-corrected chi connectivity index (χ0v) is 10.7. The molecule has 0 aliphatic carbocycles. The van der Waals surface area contributed by atoms with Crippen LogP contribution < -0.4 is 5.19 Å². The largest absolute Gasteiger partial charge is 0.411 e. The third kappa shape index (κ3) is 2.46. The molecule has 1 aromatic rings. The van der Waals surface area contributed by atoms with Crippen molar-refractivity contribution in [3.63, 3.8) is 0 Å². The Hall–Kier alpha value is -0.683. The maximum absolute atomic E-state index is 5.66. The molecule has 3 nitrogen and oxygen atoms in total. The van der Waals surface area contributed by atoms with Crippen LogP contribution in [0.5, 0.6) is 0 Å². The Morgan fingerprint density at radius 3 is 1.93 bits per heavy atom. The summed E-state index contributed by atoms with van der Waals surface area (Å²) in [6, 6.07) is 10.1. The molecule has 0 saturated heterocycles. The van der Waals surface area contributed by atoms with Crippen molar-refractivity contribution in [3.05, 3.63) is 30.3 Å². The molecule has 0 N–H and O–H groups in total. The van der Waals surface area contributed by atoms with Gasteiger partial charge in [0.05, 0.1) is 0 Å². The number of rotatable bonds is 5. The van der Waals surface area contributed by atoms with E-state index in [0.29, 0.717) is 0 Å². The van der Waals surface area contributed by atoms with Gasteiger partial charge in [-0.2, -0.15) is 0 Å². The lowest BCUT2D eigenvalue weighted by Crippen LogP contribution is -2.58. The number of methoxy groups -OCH3 is 2. The van der Waals surface area contributed by atoms with E-state index in [9.17, 15) is 0 Å². The minimum Gasteiger partial charge on any atom is -0.411 e. The molecule has 0 amide bonds. The Morgan fingerprint density at radius 1 is 1.00 bits per heavy atom. The van der Waals surface area contributed by atoms with Crippen LogP contribution in [0.15, 0.2) is 30.3 Å². The van der Waals surface area contributed by atoms with Crippen LogP contribution in [0.2, 0.25) is 6.55 Å². The second-order valence-corrected chi connectivity index (χ2v) is 7.15. The predicted molar refractivity (Wildman–Crippen MR) is 62.5 cm³/mol. The molecule has 0 spiro atoms. The van der Waals surface area contributed by atoms with Gasteiger partial charge < -0.3 is 13.9 Å². The summed E-state index contributed by atoms with van der Waals surface area (Å²) in [6.45, 7) is 2.08. The van der Waals surface area contributed by atoms with Gasteiger partial charge in [0.2, 0.25) is 0 Å². The predicted octanol–water partition coefficient (Wildman–Crippen LogP) is 1.27. The topological polar surface area (TPSA) is 27.7 Å². The second kappa shape index (κ2) is 5.41. The average molecular weight is 226 g/mol. The standard InChI is InChI=1S/C11H18O3Si/c1-12-11(13-2)15(4,14-3)10-8-6-5-7-9-10/h5-9,11H,1-4H3. The van der Waals surface area contributed by atoms with Crippen LogP contribution >= 0.6 is 0 Å². The Balaban J connectivity index is 3.04. The van der Waals surface area contributed by atoms with Crippen LogP contribution in [0.25, 0.3) is 0 Å². The van der Waals surface area contributed by atoms with Crippen LogP contribution in [0.1, 0.15) is 0 Å². The highest BCUT2D eigenvalue weighted by Crippen LogP contribution is 2.13. The van der Waals surface area contributed by atoms with Crippen molar-refractivity contribution in [2.75, 3.05) is 21.3 Å². The van der Waals surface area contributed by atoms with Gasteiger partial charge in [-0.1, -0.05) is 30.3 Å². The molecule has 0 radical (unpaired) electrons. The molecule has 0 aliphatic rings. The van der Waals surface area contributed by atoms with E-state index in [4.69, 9.17) is 13.9 Å². The molecule has 0 saturated carbocycles. The fourth-order valence-electron chi connectivity index (χ4n) is 1.67. The lowest BCUT2D eigenvalue weighted by molar-refractivity contribution is -0.0588. The summed E-state index contributed by atoms with van der Waals surface area (Å²) < 4.78 is 16.3. The van der Waals surface area contributed by atoms with E-state index < -0.39 is 8.32 Å². The van der Waals surface area contributed by atoms with Crippen LogP contribution in [0, 0.1) is 0 Å². The van der Waals surface area contributed by atoms with E-state index in [1.807, 2.05) is 18.2 Å². The van der Waals surface area contributed by atoms with Crippen LogP contribution in [0.3, 0.4) is 0 Å². The normalized spacial score (nSPS) is 15.3. The first-order chi connectivity index (χ1) is 7.19. The van der Waals surface area contributed by atoms with E-state index in [2.05, 4.69) is 18.7 Å². The van der Waals surface area contributed by atoms with Gasteiger partial charge in [-0.25, -0.2) is 0 Å². The number of hydrogen-bond donors (Lipinski definition) is 0. The van der Waals surface area contributed by atoms with Gasteiger partial charge in [-0.05, 0) is 11.7 Å². The van der Waals surface area contributed by atoms with Gasteiger partial charge in [0.1, 0.15) is 0 Å².